The predicted molar refractivity (Wildman–Crippen MR) is 134 cm³/mol. The molecule has 5 nitrogen and oxygen atoms in total. The van der Waals surface area contributed by atoms with Crippen LogP contribution in [0, 0.1) is 40.4 Å². The minimum Gasteiger partial charge on any atom is -0.393 e. The number of nitrogens with zero attached hydrogens (tertiary/aromatic N) is 2. The average molecular weight is 464 g/mol. The van der Waals surface area contributed by atoms with Gasteiger partial charge in [0.25, 0.3) is 5.56 Å². The zero-order valence-electron chi connectivity index (χ0n) is 20.9. The minimum atomic E-state index is -0.132. The molecule has 8 atom stereocenters. The van der Waals surface area contributed by atoms with Crippen LogP contribution in [0.4, 0.5) is 0 Å². The number of nitrogens with one attached hydrogen (secondary N) is 1. The van der Waals surface area contributed by atoms with Gasteiger partial charge in [-0.3, -0.25) is 4.79 Å². The summed E-state index contributed by atoms with van der Waals surface area (Å²) >= 11 is 0. The van der Waals surface area contributed by atoms with Crippen molar-refractivity contribution in [3.8, 4) is 0 Å². The van der Waals surface area contributed by atoms with Crippen LogP contribution in [0.3, 0.4) is 0 Å². The summed E-state index contributed by atoms with van der Waals surface area (Å²) in [5.74, 6) is 4.15. The lowest BCUT2D eigenvalue weighted by atomic mass is 9.44. The van der Waals surface area contributed by atoms with Gasteiger partial charge in [-0.05, 0) is 110 Å². The molecule has 4 aliphatic rings. The molecule has 6 rings (SSSR count). The second-order valence-electron chi connectivity index (χ2n) is 12.6. The topological polar surface area (TPSA) is 78.9 Å². The van der Waals surface area contributed by atoms with E-state index in [1.807, 2.05) is 12.1 Å². The molecule has 0 aromatic carbocycles. The molecule has 0 radical (unpaired) electrons. The number of hydrogen-bond donors (Lipinski definition) is 2. The molecule has 8 unspecified atom stereocenters. The van der Waals surface area contributed by atoms with Crippen molar-refractivity contribution in [3.63, 3.8) is 0 Å². The van der Waals surface area contributed by atoms with E-state index < -0.39 is 0 Å². The Kier molecular flexibility index (Phi) is 5.63. The predicted octanol–water partition coefficient (Wildman–Crippen LogP) is 5.66. The Balaban J connectivity index is 1.15. The molecule has 0 aliphatic heterocycles. The van der Waals surface area contributed by atoms with E-state index in [-0.39, 0.29) is 11.7 Å². The van der Waals surface area contributed by atoms with E-state index in [4.69, 9.17) is 0 Å². The van der Waals surface area contributed by atoms with Crippen LogP contribution >= 0.6 is 0 Å². The number of H-pyrrole nitrogens is 1. The molecule has 2 aromatic heterocycles. The van der Waals surface area contributed by atoms with Gasteiger partial charge in [0.2, 0.25) is 0 Å². The quantitative estimate of drug-likeness (QED) is 0.613. The van der Waals surface area contributed by atoms with E-state index in [1.54, 1.807) is 6.20 Å². The molecule has 0 spiro atoms. The van der Waals surface area contributed by atoms with E-state index in [2.05, 4.69) is 28.8 Å². The number of pyridine rings is 1. The highest BCUT2D eigenvalue weighted by molar-refractivity contribution is 5.72. The van der Waals surface area contributed by atoms with Gasteiger partial charge in [-0.2, -0.15) is 0 Å². The average Bonchev–Trinajstić information content (AvgIpc) is 3.16. The summed E-state index contributed by atoms with van der Waals surface area (Å²) < 4.78 is 0. The summed E-state index contributed by atoms with van der Waals surface area (Å²) in [4.78, 5) is 24.1. The molecule has 4 aliphatic carbocycles. The van der Waals surface area contributed by atoms with Gasteiger partial charge in [0.05, 0.1) is 11.6 Å². The number of hydrogen-bond acceptors (Lipinski definition) is 4. The number of aryl methyl sites for hydroxylation is 1. The Labute approximate surface area is 203 Å². The summed E-state index contributed by atoms with van der Waals surface area (Å²) in [7, 11) is 0. The van der Waals surface area contributed by atoms with E-state index in [0.29, 0.717) is 33.7 Å². The van der Waals surface area contributed by atoms with Crippen molar-refractivity contribution in [3.05, 3.63) is 34.5 Å². The molecule has 5 heteroatoms. The monoisotopic (exact) mass is 463 g/mol. The highest BCUT2D eigenvalue weighted by Crippen LogP contribution is 2.67. The van der Waals surface area contributed by atoms with Crippen LogP contribution < -0.4 is 5.56 Å². The summed E-state index contributed by atoms with van der Waals surface area (Å²) in [6.45, 7) is 5.14. The zero-order valence-corrected chi connectivity index (χ0v) is 20.9. The SMILES string of the molecule is CC12CCC3C(C(O)CC4CCCCC43C)C1CCC2CCCc1nc2cccnc2c(=O)[nH]1. The van der Waals surface area contributed by atoms with Crippen molar-refractivity contribution >= 4 is 11.0 Å². The van der Waals surface area contributed by atoms with E-state index in [0.717, 1.165) is 42.8 Å². The number of aliphatic hydroxyl groups is 1. The number of aromatic amines is 1. The van der Waals surface area contributed by atoms with Gasteiger partial charge in [0.1, 0.15) is 5.82 Å². The Hall–Kier alpha value is -1.75. The Morgan fingerprint density at radius 1 is 1.09 bits per heavy atom. The van der Waals surface area contributed by atoms with Gasteiger partial charge in [0.15, 0.2) is 5.52 Å². The Bertz CT molecular complexity index is 1110. The standard InChI is InChI=1S/C29H41N3O2/c1-28-14-4-3-7-19(28)17-23(33)25-20-12-11-18(29(20,2)15-13-21(25)28)8-5-10-24-31-22-9-6-16-30-26(22)27(34)32-24/h6,9,16,18-21,23,25,33H,3-5,7-8,10-15,17H2,1-2H3,(H,31,32,34). The molecule has 2 N–H and O–H groups in total. The lowest BCUT2D eigenvalue weighted by Gasteiger charge is -2.62. The fourth-order valence-electron chi connectivity index (χ4n) is 9.50. The normalized spacial score (nSPS) is 41.6. The largest absolute Gasteiger partial charge is 0.393 e. The van der Waals surface area contributed by atoms with Crippen molar-refractivity contribution in [2.45, 2.75) is 97.0 Å². The number of rotatable bonds is 4. The first kappa shape index (κ1) is 22.7. The third-order valence-electron chi connectivity index (χ3n) is 11.3. The molecule has 4 fully saturated rings. The van der Waals surface area contributed by atoms with Crippen LogP contribution in [0.25, 0.3) is 11.0 Å². The van der Waals surface area contributed by atoms with Gasteiger partial charge in [-0.1, -0.05) is 26.7 Å². The van der Waals surface area contributed by atoms with Gasteiger partial charge in [0, 0.05) is 12.6 Å². The van der Waals surface area contributed by atoms with Crippen molar-refractivity contribution in [1.29, 1.82) is 0 Å². The summed E-state index contributed by atoms with van der Waals surface area (Å²) in [6, 6.07) is 3.71. The maximum atomic E-state index is 12.4. The van der Waals surface area contributed by atoms with Crippen molar-refractivity contribution in [2.75, 3.05) is 0 Å². The molecule has 0 saturated heterocycles. The number of aliphatic hydroxyl groups excluding tert-OH is 1. The van der Waals surface area contributed by atoms with E-state index in [1.165, 1.54) is 57.8 Å². The summed E-state index contributed by atoms with van der Waals surface area (Å²) in [5.41, 5.74) is 1.80. The first-order valence-corrected chi connectivity index (χ1v) is 13.9. The number of aromatic nitrogens is 3. The van der Waals surface area contributed by atoms with Crippen LogP contribution in [-0.2, 0) is 6.42 Å². The Morgan fingerprint density at radius 3 is 2.82 bits per heavy atom. The second kappa shape index (κ2) is 8.43. The molecule has 184 valence electrons. The van der Waals surface area contributed by atoms with Crippen LogP contribution in [0.1, 0.15) is 90.3 Å². The van der Waals surface area contributed by atoms with Crippen LogP contribution in [-0.4, -0.2) is 26.2 Å². The fourth-order valence-corrected chi connectivity index (χ4v) is 9.50. The molecule has 4 saturated carbocycles. The van der Waals surface area contributed by atoms with Gasteiger partial charge in [-0.25, -0.2) is 9.97 Å². The highest BCUT2D eigenvalue weighted by atomic mass is 16.3. The van der Waals surface area contributed by atoms with Crippen molar-refractivity contribution in [2.24, 2.45) is 40.4 Å². The summed E-state index contributed by atoms with van der Waals surface area (Å²) in [5, 5.41) is 11.4. The molecular formula is C29H41N3O2. The third-order valence-corrected chi connectivity index (χ3v) is 11.3. The van der Waals surface area contributed by atoms with Crippen LogP contribution in [0.5, 0.6) is 0 Å². The maximum absolute atomic E-state index is 12.4. The minimum absolute atomic E-state index is 0.0926. The lowest BCUT2D eigenvalue weighted by Crippen LogP contribution is -2.57. The fraction of sp³-hybridized carbons (Fsp3) is 0.759. The first-order valence-electron chi connectivity index (χ1n) is 13.9. The smallest absolute Gasteiger partial charge is 0.277 e. The maximum Gasteiger partial charge on any atom is 0.277 e. The second-order valence-corrected chi connectivity index (χ2v) is 12.6. The van der Waals surface area contributed by atoms with Crippen LogP contribution in [0.15, 0.2) is 23.1 Å². The van der Waals surface area contributed by atoms with Crippen molar-refractivity contribution in [1.82, 2.24) is 15.0 Å². The first-order chi connectivity index (χ1) is 16.4. The van der Waals surface area contributed by atoms with Gasteiger partial charge < -0.3 is 10.1 Å². The molecular weight excluding hydrogens is 422 g/mol. The van der Waals surface area contributed by atoms with E-state index in [9.17, 15) is 9.90 Å². The molecule has 0 bridgehead atoms. The Morgan fingerprint density at radius 2 is 1.94 bits per heavy atom. The van der Waals surface area contributed by atoms with Crippen molar-refractivity contribution < 1.29 is 5.11 Å². The molecule has 2 aromatic rings. The lowest BCUT2D eigenvalue weighted by molar-refractivity contribution is -0.162. The molecule has 34 heavy (non-hydrogen) atoms. The van der Waals surface area contributed by atoms with Crippen LogP contribution in [0.2, 0.25) is 0 Å². The van der Waals surface area contributed by atoms with Gasteiger partial charge >= 0.3 is 0 Å². The molecule has 0 amide bonds. The zero-order chi connectivity index (χ0) is 23.5. The number of fused-ring (bicyclic) bond motifs is 6. The van der Waals surface area contributed by atoms with E-state index >= 15 is 0 Å². The highest BCUT2D eigenvalue weighted by Gasteiger charge is 2.61. The molecule has 2 heterocycles. The van der Waals surface area contributed by atoms with Gasteiger partial charge in [-0.15, -0.1) is 0 Å². The summed E-state index contributed by atoms with van der Waals surface area (Å²) in [6.07, 6.45) is 16.3. The third kappa shape index (κ3) is 3.48.